The fraction of sp³-hybridized carbons (Fsp3) is 0.923. The maximum absolute atomic E-state index is 11.9. The number of likely N-dealkylation sites (N-methyl/N-ethyl adjacent to an activating group) is 1. The largest absolute Gasteiger partial charge is 0.381 e. The highest BCUT2D eigenvalue weighted by Crippen LogP contribution is 2.15. The van der Waals surface area contributed by atoms with Crippen molar-refractivity contribution in [2.24, 2.45) is 5.92 Å². The zero-order valence-electron chi connectivity index (χ0n) is 11.4. The van der Waals surface area contributed by atoms with Gasteiger partial charge >= 0.3 is 0 Å². The van der Waals surface area contributed by atoms with Crippen LogP contribution in [0.3, 0.4) is 0 Å². The van der Waals surface area contributed by atoms with Crippen LogP contribution in [0.1, 0.15) is 33.1 Å². The lowest BCUT2D eigenvalue weighted by molar-refractivity contribution is -0.130. The van der Waals surface area contributed by atoms with E-state index in [9.17, 15) is 4.79 Å². The Kier molecular flexibility index (Phi) is 6.52. The lowest BCUT2D eigenvalue weighted by atomic mass is 10.00. The van der Waals surface area contributed by atoms with Gasteiger partial charge in [0, 0.05) is 32.8 Å². The number of hydrogen-bond donors (Lipinski definition) is 1. The van der Waals surface area contributed by atoms with Gasteiger partial charge in [-0.3, -0.25) is 4.79 Å². The molecule has 0 radical (unpaired) electrons. The Hall–Kier alpha value is -0.610. The molecule has 4 nitrogen and oxygen atoms in total. The molecule has 1 amide bonds. The van der Waals surface area contributed by atoms with Crippen LogP contribution in [0.25, 0.3) is 0 Å². The average molecular weight is 242 g/mol. The van der Waals surface area contributed by atoms with Crippen molar-refractivity contribution >= 4 is 5.91 Å². The summed E-state index contributed by atoms with van der Waals surface area (Å²) in [5, 5.41) is 3.23. The van der Waals surface area contributed by atoms with Crippen LogP contribution in [0.15, 0.2) is 0 Å². The second-order valence-electron chi connectivity index (χ2n) is 5.02. The number of hydrogen-bond acceptors (Lipinski definition) is 3. The van der Waals surface area contributed by atoms with Gasteiger partial charge < -0.3 is 15.0 Å². The summed E-state index contributed by atoms with van der Waals surface area (Å²) in [7, 11) is 1.90. The van der Waals surface area contributed by atoms with Crippen LogP contribution in [0.5, 0.6) is 0 Å². The number of nitrogens with one attached hydrogen (secondary N) is 1. The summed E-state index contributed by atoms with van der Waals surface area (Å²) in [6.45, 7) is 7.23. The van der Waals surface area contributed by atoms with E-state index < -0.39 is 0 Å². The molecular weight excluding hydrogens is 216 g/mol. The third-order valence-electron chi connectivity index (χ3n) is 3.51. The van der Waals surface area contributed by atoms with Crippen molar-refractivity contribution in [3.05, 3.63) is 0 Å². The van der Waals surface area contributed by atoms with E-state index in [0.717, 1.165) is 39.0 Å². The second-order valence-corrected chi connectivity index (χ2v) is 5.02. The lowest BCUT2D eigenvalue weighted by Crippen LogP contribution is -2.41. The zero-order valence-corrected chi connectivity index (χ0v) is 11.4. The highest BCUT2D eigenvalue weighted by Gasteiger charge is 2.18. The normalized spacial score (nSPS) is 19.0. The van der Waals surface area contributed by atoms with Crippen LogP contribution >= 0.6 is 0 Å². The van der Waals surface area contributed by atoms with Gasteiger partial charge in [0.15, 0.2) is 0 Å². The number of ether oxygens (including phenoxy) is 1. The molecule has 1 rings (SSSR count). The molecule has 1 unspecified atom stereocenters. The topological polar surface area (TPSA) is 41.6 Å². The molecule has 100 valence electrons. The average Bonchev–Trinajstić information content (AvgIpc) is 2.36. The number of carbonyl (C=O) groups excluding carboxylic acids is 1. The molecule has 0 spiro atoms. The molecule has 1 aliphatic heterocycles. The van der Waals surface area contributed by atoms with E-state index in [0.29, 0.717) is 18.5 Å². The summed E-state index contributed by atoms with van der Waals surface area (Å²) in [6, 6.07) is 0.412. The Balaban J connectivity index is 2.21. The molecule has 1 atom stereocenters. The lowest BCUT2D eigenvalue weighted by Gasteiger charge is -2.27. The molecule has 1 fully saturated rings. The van der Waals surface area contributed by atoms with Gasteiger partial charge in [0.25, 0.3) is 0 Å². The summed E-state index contributed by atoms with van der Waals surface area (Å²) < 4.78 is 5.32. The first-order valence-corrected chi connectivity index (χ1v) is 6.68. The standard InChI is InChI=1S/C13H26N2O2/c1-4-11(2)14-9-13(16)15(3)10-12-5-7-17-8-6-12/h11-12,14H,4-10H2,1-3H3. The van der Waals surface area contributed by atoms with Gasteiger partial charge in [-0.1, -0.05) is 6.92 Å². The predicted molar refractivity (Wildman–Crippen MR) is 68.9 cm³/mol. The van der Waals surface area contributed by atoms with Crippen molar-refractivity contribution in [1.82, 2.24) is 10.2 Å². The smallest absolute Gasteiger partial charge is 0.236 e. The van der Waals surface area contributed by atoms with Crippen LogP contribution in [-0.4, -0.2) is 50.2 Å². The van der Waals surface area contributed by atoms with Gasteiger partial charge in [0.05, 0.1) is 6.54 Å². The summed E-state index contributed by atoms with van der Waals surface area (Å²) in [6.07, 6.45) is 3.21. The van der Waals surface area contributed by atoms with Crippen LogP contribution < -0.4 is 5.32 Å². The predicted octanol–water partition coefficient (Wildman–Crippen LogP) is 1.26. The Morgan fingerprint density at radius 1 is 1.47 bits per heavy atom. The molecule has 0 saturated carbocycles. The molecule has 0 aromatic carbocycles. The Labute approximate surface area is 105 Å². The second kappa shape index (κ2) is 7.67. The molecule has 1 heterocycles. The maximum atomic E-state index is 11.9. The molecule has 0 bridgehead atoms. The van der Waals surface area contributed by atoms with Crippen LogP contribution in [0, 0.1) is 5.92 Å². The molecule has 1 saturated heterocycles. The molecule has 0 aliphatic carbocycles. The minimum Gasteiger partial charge on any atom is -0.381 e. The first-order valence-electron chi connectivity index (χ1n) is 6.68. The molecule has 1 aliphatic rings. The monoisotopic (exact) mass is 242 g/mol. The van der Waals surface area contributed by atoms with Crippen molar-refractivity contribution in [1.29, 1.82) is 0 Å². The fourth-order valence-electron chi connectivity index (χ4n) is 1.96. The molecule has 0 aromatic heterocycles. The minimum atomic E-state index is 0.191. The van der Waals surface area contributed by atoms with Crippen LogP contribution in [0.4, 0.5) is 0 Å². The molecule has 17 heavy (non-hydrogen) atoms. The summed E-state index contributed by atoms with van der Waals surface area (Å²) in [5.41, 5.74) is 0. The number of nitrogens with zero attached hydrogens (tertiary/aromatic N) is 1. The summed E-state index contributed by atoms with van der Waals surface area (Å²) in [5.74, 6) is 0.804. The van der Waals surface area contributed by atoms with E-state index in [4.69, 9.17) is 4.74 Å². The molecule has 0 aromatic rings. The number of carbonyl (C=O) groups is 1. The van der Waals surface area contributed by atoms with Gasteiger partial charge in [-0.25, -0.2) is 0 Å². The van der Waals surface area contributed by atoms with Gasteiger partial charge in [-0.15, -0.1) is 0 Å². The highest BCUT2D eigenvalue weighted by molar-refractivity contribution is 5.77. The Morgan fingerprint density at radius 2 is 2.12 bits per heavy atom. The SMILES string of the molecule is CCC(C)NCC(=O)N(C)CC1CCOCC1. The quantitative estimate of drug-likeness (QED) is 0.762. The van der Waals surface area contributed by atoms with Crippen molar-refractivity contribution in [2.75, 3.05) is 33.4 Å². The zero-order chi connectivity index (χ0) is 12.7. The summed E-state index contributed by atoms with van der Waals surface area (Å²) >= 11 is 0. The van der Waals surface area contributed by atoms with Crippen molar-refractivity contribution in [3.8, 4) is 0 Å². The van der Waals surface area contributed by atoms with Crippen molar-refractivity contribution < 1.29 is 9.53 Å². The van der Waals surface area contributed by atoms with E-state index in [1.165, 1.54) is 0 Å². The van der Waals surface area contributed by atoms with Gasteiger partial charge in [0.1, 0.15) is 0 Å². The van der Waals surface area contributed by atoms with Crippen molar-refractivity contribution in [3.63, 3.8) is 0 Å². The van der Waals surface area contributed by atoms with E-state index in [2.05, 4.69) is 19.2 Å². The molecule has 4 heteroatoms. The van der Waals surface area contributed by atoms with Crippen molar-refractivity contribution in [2.45, 2.75) is 39.2 Å². The van der Waals surface area contributed by atoms with E-state index in [1.807, 2.05) is 11.9 Å². The minimum absolute atomic E-state index is 0.191. The molecule has 1 N–H and O–H groups in total. The Morgan fingerprint density at radius 3 is 2.71 bits per heavy atom. The van der Waals surface area contributed by atoms with Gasteiger partial charge in [-0.2, -0.15) is 0 Å². The molecular formula is C13H26N2O2. The third-order valence-corrected chi connectivity index (χ3v) is 3.51. The number of rotatable bonds is 6. The van der Waals surface area contributed by atoms with E-state index >= 15 is 0 Å². The first kappa shape index (κ1) is 14.5. The van der Waals surface area contributed by atoms with Crippen LogP contribution in [-0.2, 0) is 9.53 Å². The van der Waals surface area contributed by atoms with Gasteiger partial charge in [0.2, 0.25) is 5.91 Å². The third kappa shape index (κ3) is 5.50. The Bertz CT molecular complexity index is 227. The maximum Gasteiger partial charge on any atom is 0.236 e. The van der Waals surface area contributed by atoms with E-state index in [-0.39, 0.29) is 5.91 Å². The highest BCUT2D eigenvalue weighted by atomic mass is 16.5. The fourth-order valence-corrected chi connectivity index (χ4v) is 1.96. The summed E-state index contributed by atoms with van der Waals surface area (Å²) in [4.78, 5) is 13.7. The van der Waals surface area contributed by atoms with E-state index in [1.54, 1.807) is 0 Å². The number of amides is 1. The van der Waals surface area contributed by atoms with Crippen LogP contribution in [0.2, 0.25) is 0 Å². The first-order chi connectivity index (χ1) is 8.13. The van der Waals surface area contributed by atoms with Gasteiger partial charge in [-0.05, 0) is 32.1 Å².